The smallest absolute Gasteiger partial charge is 0.132 e. The van der Waals surface area contributed by atoms with E-state index < -0.39 is 5.41 Å². The summed E-state index contributed by atoms with van der Waals surface area (Å²) in [7, 11) is 3.38. The number of hydrogen-bond donors (Lipinski definition) is 2. The first-order chi connectivity index (χ1) is 19.9. The van der Waals surface area contributed by atoms with Crippen molar-refractivity contribution in [3.63, 3.8) is 0 Å². The van der Waals surface area contributed by atoms with Crippen LogP contribution in [0.2, 0.25) is 0 Å². The van der Waals surface area contributed by atoms with Crippen LogP contribution < -0.4 is 10.6 Å². The van der Waals surface area contributed by atoms with E-state index in [-0.39, 0.29) is 49.0 Å². The van der Waals surface area contributed by atoms with Crippen molar-refractivity contribution >= 4 is 0 Å². The van der Waals surface area contributed by atoms with E-state index in [1.54, 1.807) is 32.4 Å². The number of ether oxygens (including phenoxy) is 2. The molecule has 7 heteroatoms. The highest BCUT2D eigenvalue weighted by Gasteiger charge is 2.32. The molecule has 3 aromatic rings. The summed E-state index contributed by atoms with van der Waals surface area (Å²) in [6, 6.07) is 12.4. The Bertz CT molecular complexity index is 1340. The zero-order valence-corrected chi connectivity index (χ0v) is 26.4. The maximum Gasteiger partial charge on any atom is 0.132 e. The van der Waals surface area contributed by atoms with Crippen LogP contribution in [-0.4, -0.2) is 33.4 Å². The molecule has 0 aliphatic heterocycles. The Morgan fingerprint density at radius 2 is 1.50 bits per heavy atom. The molecule has 0 bridgehead atoms. The Kier molecular flexibility index (Phi) is 12.2. The summed E-state index contributed by atoms with van der Waals surface area (Å²) < 4.78 is 58.1. The van der Waals surface area contributed by atoms with E-state index in [4.69, 9.17) is 9.47 Å². The first kappa shape index (κ1) is 33.8. The lowest BCUT2D eigenvalue weighted by atomic mass is 9.73. The van der Waals surface area contributed by atoms with Crippen LogP contribution in [0.15, 0.2) is 42.5 Å². The van der Waals surface area contributed by atoms with Crippen LogP contribution in [0.5, 0.6) is 0 Å². The molecule has 0 unspecified atom stereocenters. The molecule has 42 heavy (non-hydrogen) atoms. The SMILES string of the molecule is CNCc1c(C(C)C)ccc(C(C)(C)c2ccc(Cc3cccc(F)c3COCCOC)c(F)c2CNC(C)C)c1F. The van der Waals surface area contributed by atoms with Crippen molar-refractivity contribution in [2.75, 3.05) is 27.4 Å². The molecule has 0 saturated heterocycles. The average Bonchev–Trinajstić information content (AvgIpc) is 2.93. The summed E-state index contributed by atoms with van der Waals surface area (Å²) in [5.41, 5.74) is 4.02. The molecular weight excluding hydrogens is 537 g/mol. The van der Waals surface area contributed by atoms with Crippen LogP contribution in [0.4, 0.5) is 13.2 Å². The van der Waals surface area contributed by atoms with E-state index in [0.29, 0.717) is 58.7 Å². The van der Waals surface area contributed by atoms with Crippen LogP contribution in [-0.2, 0) is 41.0 Å². The third kappa shape index (κ3) is 7.81. The van der Waals surface area contributed by atoms with Gasteiger partial charge in [-0.05, 0) is 46.8 Å². The zero-order chi connectivity index (χ0) is 31.0. The minimum Gasteiger partial charge on any atom is -0.382 e. The number of halogens is 3. The Morgan fingerprint density at radius 3 is 2.14 bits per heavy atom. The van der Waals surface area contributed by atoms with E-state index in [1.807, 2.05) is 45.9 Å². The molecule has 0 amide bonds. The van der Waals surface area contributed by atoms with Crippen molar-refractivity contribution < 1.29 is 22.6 Å². The van der Waals surface area contributed by atoms with Crippen LogP contribution in [0, 0.1) is 17.5 Å². The van der Waals surface area contributed by atoms with Gasteiger partial charge in [0.15, 0.2) is 0 Å². The molecule has 0 radical (unpaired) electrons. The highest BCUT2D eigenvalue weighted by molar-refractivity contribution is 5.49. The summed E-state index contributed by atoms with van der Waals surface area (Å²) >= 11 is 0. The second-order valence-corrected chi connectivity index (χ2v) is 12.0. The molecule has 3 rings (SSSR count). The maximum absolute atomic E-state index is 16.5. The molecule has 0 spiro atoms. The summed E-state index contributed by atoms with van der Waals surface area (Å²) in [5.74, 6) is -0.840. The number of benzene rings is 3. The van der Waals surface area contributed by atoms with Crippen molar-refractivity contribution in [3.8, 4) is 0 Å². The Hall–Kier alpha value is -2.71. The summed E-state index contributed by atoms with van der Waals surface area (Å²) in [5, 5.41) is 6.45. The highest BCUT2D eigenvalue weighted by atomic mass is 19.1. The van der Waals surface area contributed by atoms with Gasteiger partial charge in [0.25, 0.3) is 0 Å². The van der Waals surface area contributed by atoms with Gasteiger partial charge in [0.05, 0.1) is 19.8 Å². The van der Waals surface area contributed by atoms with Crippen molar-refractivity contribution in [1.82, 2.24) is 10.6 Å². The van der Waals surface area contributed by atoms with Gasteiger partial charge in [0, 0.05) is 54.8 Å². The Morgan fingerprint density at radius 1 is 0.786 bits per heavy atom. The summed E-state index contributed by atoms with van der Waals surface area (Å²) in [6.45, 7) is 13.5. The lowest BCUT2D eigenvalue weighted by Gasteiger charge is -2.32. The number of rotatable bonds is 15. The molecule has 4 nitrogen and oxygen atoms in total. The van der Waals surface area contributed by atoms with Crippen LogP contribution in [0.1, 0.15) is 92.0 Å². The van der Waals surface area contributed by atoms with Crippen molar-refractivity contribution in [1.29, 1.82) is 0 Å². The molecule has 0 atom stereocenters. The molecule has 0 aromatic heterocycles. The summed E-state index contributed by atoms with van der Waals surface area (Å²) in [6.07, 6.45) is 0.200. The third-order valence-electron chi connectivity index (χ3n) is 7.89. The lowest BCUT2D eigenvalue weighted by molar-refractivity contribution is 0.0601. The average molecular weight is 585 g/mol. The molecule has 0 aliphatic carbocycles. The molecule has 0 aliphatic rings. The van der Waals surface area contributed by atoms with Gasteiger partial charge < -0.3 is 20.1 Å². The predicted molar refractivity (Wildman–Crippen MR) is 164 cm³/mol. The molecule has 0 fully saturated rings. The molecule has 2 N–H and O–H groups in total. The van der Waals surface area contributed by atoms with Gasteiger partial charge in [0.2, 0.25) is 0 Å². The second kappa shape index (κ2) is 15.1. The van der Waals surface area contributed by atoms with Gasteiger partial charge in [-0.15, -0.1) is 0 Å². The first-order valence-electron chi connectivity index (χ1n) is 14.8. The number of nitrogens with one attached hydrogen (secondary N) is 2. The van der Waals surface area contributed by atoms with Crippen molar-refractivity contribution in [2.45, 2.75) is 85.0 Å². The normalized spacial score (nSPS) is 12.1. The van der Waals surface area contributed by atoms with E-state index in [0.717, 1.165) is 5.56 Å². The lowest BCUT2D eigenvalue weighted by Crippen LogP contribution is -2.29. The number of hydrogen-bond acceptors (Lipinski definition) is 4. The number of methoxy groups -OCH3 is 1. The van der Waals surface area contributed by atoms with Gasteiger partial charge >= 0.3 is 0 Å². The molecule has 0 heterocycles. The minimum atomic E-state index is -0.825. The first-order valence-corrected chi connectivity index (χ1v) is 14.8. The van der Waals surface area contributed by atoms with Gasteiger partial charge in [0.1, 0.15) is 17.5 Å². The molecule has 0 saturated carbocycles. The van der Waals surface area contributed by atoms with Crippen LogP contribution in [0.3, 0.4) is 0 Å². The highest BCUT2D eigenvalue weighted by Crippen LogP contribution is 2.39. The Balaban J connectivity index is 2.10. The van der Waals surface area contributed by atoms with Gasteiger partial charge in [-0.1, -0.05) is 77.9 Å². The second-order valence-electron chi connectivity index (χ2n) is 12.0. The monoisotopic (exact) mass is 584 g/mol. The standard InChI is InChI=1S/C35H47F3N2O2/c1-22(2)26-13-15-31(34(38)27(26)19-39-7)35(5,6)30-14-12-25(33(37)28(30)20-40-23(3)4)18-24-10-9-11-32(36)29(24)21-42-17-16-41-8/h9-15,22-23,39-40H,16-21H2,1-8H3. The fourth-order valence-electron chi connectivity index (χ4n) is 5.48. The van der Waals surface area contributed by atoms with Gasteiger partial charge in [-0.3, -0.25) is 0 Å². The van der Waals surface area contributed by atoms with Crippen molar-refractivity contribution in [2.24, 2.45) is 0 Å². The topological polar surface area (TPSA) is 42.5 Å². The zero-order valence-electron chi connectivity index (χ0n) is 26.4. The molecule has 3 aromatic carbocycles. The molecule has 230 valence electrons. The van der Waals surface area contributed by atoms with Crippen LogP contribution >= 0.6 is 0 Å². The largest absolute Gasteiger partial charge is 0.382 e. The quantitative estimate of drug-likeness (QED) is 0.181. The van der Waals surface area contributed by atoms with E-state index >= 15 is 8.78 Å². The minimum absolute atomic E-state index is 0.0699. The van der Waals surface area contributed by atoms with E-state index in [1.165, 1.54) is 6.07 Å². The molecular formula is C35H47F3N2O2. The van der Waals surface area contributed by atoms with Crippen LogP contribution in [0.25, 0.3) is 0 Å². The Labute approximate surface area is 250 Å². The van der Waals surface area contributed by atoms with E-state index in [2.05, 4.69) is 24.5 Å². The maximum atomic E-state index is 16.5. The summed E-state index contributed by atoms with van der Waals surface area (Å²) in [4.78, 5) is 0. The van der Waals surface area contributed by atoms with Gasteiger partial charge in [-0.25, -0.2) is 13.2 Å². The third-order valence-corrected chi connectivity index (χ3v) is 7.89. The predicted octanol–water partition coefficient (Wildman–Crippen LogP) is 7.52. The van der Waals surface area contributed by atoms with E-state index in [9.17, 15) is 4.39 Å². The fourth-order valence-corrected chi connectivity index (χ4v) is 5.48. The fraction of sp³-hybridized carbons (Fsp3) is 0.486. The van der Waals surface area contributed by atoms with Gasteiger partial charge in [-0.2, -0.15) is 0 Å². The van der Waals surface area contributed by atoms with Crippen molar-refractivity contribution in [3.05, 3.63) is 104 Å².